The molecular weight excluding hydrogens is 338 g/mol. The standard InChI is InChI=1S/C15H23N3O3S.ClH/c1-12-6-10-18(11-7-12)22(20,21)14-4-2-13(3-5-14)15(19)17-9-8-16;/h2-5,12H,6-11,16H2,1H3,(H,17,19);1H. The lowest BCUT2D eigenvalue weighted by atomic mass is 10.0. The van der Waals surface area contributed by atoms with E-state index in [9.17, 15) is 13.2 Å². The maximum absolute atomic E-state index is 12.6. The highest BCUT2D eigenvalue weighted by molar-refractivity contribution is 7.89. The van der Waals surface area contributed by atoms with Crippen molar-refractivity contribution in [3.8, 4) is 0 Å². The Labute approximate surface area is 143 Å². The Morgan fingerprint density at radius 3 is 2.35 bits per heavy atom. The minimum absolute atomic E-state index is 0. The predicted molar refractivity (Wildman–Crippen MR) is 92.2 cm³/mol. The first kappa shape index (κ1) is 19.9. The molecule has 1 aliphatic heterocycles. The number of hydrogen-bond acceptors (Lipinski definition) is 4. The van der Waals surface area contributed by atoms with Crippen LogP contribution in [0.3, 0.4) is 0 Å². The number of piperidine rings is 1. The number of benzene rings is 1. The third-order valence-electron chi connectivity index (χ3n) is 3.93. The van der Waals surface area contributed by atoms with Crippen molar-refractivity contribution >= 4 is 28.3 Å². The Morgan fingerprint density at radius 1 is 1.26 bits per heavy atom. The number of carbonyl (C=O) groups is 1. The number of nitrogens with one attached hydrogen (secondary N) is 1. The van der Waals surface area contributed by atoms with Gasteiger partial charge >= 0.3 is 0 Å². The van der Waals surface area contributed by atoms with E-state index in [4.69, 9.17) is 5.73 Å². The quantitative estimate of drug-likeness (QED) is 0.824. The number of hydrogen-bond donors (Lipinski definition) is 2. The van der Waals surface area contributed by atoms with Gasteiger partial charge in [-0.15, -0.1) is 12.4 Å². The minimum atomic E-state index is -3.46. The summed E-state index contributed by atoms with van der Waals surface area (Å²) >= 11 is 0. The summed E-state index contributed by atoms with van der Waals surface area (Å²) in [7, 11) is -3.46. The topological polar surface area (TPSA) is 92.5 Å². The summed E-state index contributed by atoms with van der Waals surface area (Å²) in [4.78, 5) is 12.0. The fraction of sp³-hybridized carbons (Fsp3) is 0.533. The molecule has 130 valence electrons. The Morgan fingerprint density at radius 2 is 1.83 bits per heavy atom. The third kappa shape index (κ3) is 4.91. The fourth-order valence-electron chi connectivity index (χ4n) is 2.44. The van der Waals surface area contributed by atoms with Gasteiger partial charge in [0.05, 0.1) is 4.90 Å². The molecule has 0 radical (unpaired) electrons. The SMILES string of the molecule is CC1CCN(S(=O)(=O)c2ccc(C(=O)NCCN)cc2)CC1.Cl. The third-order valence-corrected chi connectivity index (χ3v) is 5.84. The first-order chi connectivity index (χ1) is 10.4. The van der Waals surface area contributed by atoms with Crippen LogP contribution in [0.5, 0.6) is 0 Å². The molecule has 0 spiro atoms. The van der Waals surface area contributed by atoms with E-state index in [-0.39, 0.29) is 23.2 Å². The van der Waals surface area contributed by atoms with E-state index >= 15 is 0 Å². The molecule has 1 fully saturated rings. The number of amides is 1. The van der Waals surface area contributed by atoms with Crippen molar-refractivity contribution in [2.75, 3.05) is 26.2 Å². The van der Waals surface area contributed by atoms with Gasteiger partial charge in [-0.05, 0) is 43.0 Å². The molecule has 6 nitrogen and oxygen atoms in total. The van der Waals surface area contributed by atoms with Gasteiger partial charge < -0.3 is 11.1 Å². The van der Waals surface area contributed by atoms with Crippen molar-refractivity contribution < 1.29 is 13.2 Å². The maximum Gasteiger partial charge on any atom is 0.251 e. The molecule has 1 heterocycles. The number of nitrogens with two attached hydrogens (primary N) is 1. The lowest BCUT2D eigenvalue weighted by molar-refractivity contribution is 0.0954. The Bertz CT molecular complexity index is 611. The zero-order valence-corrected chi connectivity index (χ0v) is 14.8. The molecule has 3 N–H and O–H groups in total. The van der Waals surface area contributed by atoms with Gasteiger partial charge in [0.25, 0.3) is 5.91 Å². The number of halogens is 1. The molecule has 0 bridgehead atoms. The van der Waals surface area contributed by atoms with E-state index in [2.05, 4.69) is 12.2 Å². The molecule has 0 unspecified atom stereocenters. The molecule has 1 amide bonds. The van der Waals surface area contributed by atoms with Crippen LogP contribution in [0.25, 0.3) is 0 Å². The molecule has 0 saturated carbocycles. The number of rotatable bonds is 5. The van der Waals surface area contributed by atoms with Crippen LogP contribution < -0.4 is 11.1 Å². The van der Waals surface area contributed by atoms with Crippen molar-refractivity contribution in [2.45, 2.75) is 24.7 Å². The Balaban J connectivity index is 0.00000264. The lowest BCUT2D eigenvalue weighted by Gasteiger charge is -2.29. The van der Waals surface area contributed by atoms with Crippen LogP contribution in [-0.4, -0.2) is 44.8 Å². The Kier molecular flexibility index (Phi) is 7.47. The molecule has 23 heavy (non-hydrogen) atoms. The summed E-state index contributed by atoms with van der Waals surface area (Å²) in [5, 5.41) is 2.65. The summed E-state index contributed by atoms with van der Waals surface area (Å²) in [5.41, 5.74) is 5.76. The van der Waals surface area contributed by atoms with Crippen LogP contribution in [0.1, 0.15) is 30.1 Å². The Hall–Kier alpha value is -1.15. The number of sulfonamides is 1. The first-order valence-electron chi connectivity index (χ1n) is 7.53. The summed E-state index contributed by atoms with van der Waals surface area (Å²) in [6.07, 6.45) is 1.78. The maximum atomic E-state index is 12.6. The zero-order chi connectivity index (χ0) is 16.2. The second-order valence-corrected chi connectivity index (χ2v) is 7.59. The summed E-state index contributed by atoms with van der Waals surface area (Å²) < 4.78 is 26.6. The van der Waals surface area contributed by atoms with Gasteiger partial charge in [0.1, 0.15) is 0 Å². The van der Waals surface area contributed by atoms with E-state index in [0.717, 1.165) is 12.8 Å². The molecule has 2 rings (SSSR count). The molecule has 0 aromatic heterocycles. The average molecular weight is 362 g/mol. The van der Waals surface area contributed by atoms with Crippen molar-refractivity contribution in [1.29, 1.82) is 0 Å². The van der Waals surface area contributed by atoms with Crippen molar-refractivity contribution in [3.05, 3.63) is 29.8 Å². The fourth-order valence-corrected chi connectivity index (χ4v) is 3.91. The molecule has 1 saturated heterocycles. The van der Waals surface area contributed by atoms with Crippen molar-refractivity contribution in [2.24, 2.45) is 11.7 Å². The van der Waals surface area contributed by atoms with E-state index < -0.39 is 10.0 Å². The van der Waals surface area contributed by atoms with Crippen LogP contribution >= 0.6 is 12.4 Å². The second kappa shape index (κ2) is 8.63. The van der Waals surface area contributed by atoms with Crippen LogP contribution in [0.2, 0.25) is 0 Å². The summed E-state index contributed by atoms with van der Waals surface area (Å²) in [6.45, 7) is 4.01. The van der Waals surface area contributed by atoms with Gasteiger partial charge in [-0.2, -0.15) is 4.31 Å². The van der Waals surface area contributed by atoms with Gasteiger partial charge in [-0.25, -0.2) is 8.42 Å². The van der Waals surface area contributed by atoms with Crippen LogP contribution in [0.15, 0.2) is 29.2 Å². The molecule has 1 aromatic rings. The predicted octanol–water partition coefficient (Wildman–Crippen LogP) is 1.22. The van der Waals surface area contributed by atoms with Gasteiger partial charge in [-0.1, -0.05) is 6.92 Å². The minimum Gasteiger partial charge on any atom is -0.351 e. The molecule has 0 aliphatic carbocycles. The van der Waals surface area contributed by atoms with Crippen LogP contribution in [0, 0.1) is 5.92 Å². The van der Waals surface area contributed by atoms with Gasteiger partial charge in [0.15, 0.2) is 0 Å². The summed E-state index contributed by atoms with van der Waals surface area (Å²) in [5.74, 6) is 0.321. The molecule has 0 atom stereocenters. The normalized spacial score (nSPS) is 16.6. The molecule has 1 aliphatic rings. The van der Waals surface area contributed by atoms with Gasteiger partial charge in [0.2, 0.25) is 10.0 Å². The van der Waals surface area contributed by atoms with Gasteiger partial charge in [0, 0.05) is 31.7 Å². The largest absolute Gasteiger partial charge is 0.351 e. The average Bonchev–Trinajstić information content (AvgIpc) is 2.53. The molecule has 1 aromatic carbocycles. The first-order valence-corrected chi connectivity index (χ1v) is 8.97. The van der Waals surface area contributed by atoms with Crippen molar-refractivity contribution in [1.82, 2.24) is 9.62 Å². The monoisotopic (exact) mass is 361 g/mol. The number of nitrogens with zero attached hydrogens (tertiary/aromatic N) is 1. The van der Waals surface area contributed by atoms with Crippen LogP contribution in [0.4, 0.5) is 0 Å². The molecular formula is C15H24ClN3O3S. The highest BCUT2D eigenvalue weighted by Crippen LogP contribution is 2.23. The number of carbonyl (C=O) groups excluding carboxylic acids is 1. The van der Waals surface area contributed by atoms with Crippen molar-refractivity contribution in [3.63, 3.8) is 0 Å². The zero-order valence-electron chi connectivity index (χ0n) is 13.2. The molecule has 8 heteroatoms. The summed E-state index contributed by atoms with van der Waals surface area (Å²) in [6, 6.07) is 6.05. The van der Waals surface area contributed by atoms with E-state index in [0.29, 0.717) is 37.7 Å². The highest BCUT2D eigenvalue weighted by Gasteiger charge is 2.28. The second-order valence-electron chi connectivity index (χ2n) is 5.66. The highest BCUT2D eigenvalue weighted by atomic mass is 35.5. The lowest BCUT2D eigenvalue weighted by Crippen LogP contribution is -2.37. The van der Waals surface area contributed by atoms with E-state index in [1.807, 2.05) is 0 Å². The van der Waals surface area contributed by atoms with Crippen LogP contribution in [-0.2, 0) is 10.0 Å². The van der Waals surface area contributed by atoms with E-state index in [1.165, 1.54) is 28.6 Å². The van der Waals surface area contributed by atoms with Gasteiger partial charge in [-0.3, -0.25) is 4.79 Å². The van der Waals surface area contributed by atoms with E-state index in [1.54, 1.807) is 0 Å². The smallest absolute Gasteiger partial charge is 0.251 e.